The van der Waals surface area contributed by atoms with Gasteiger partial charge in [0.1, 0.15) is 6.10 Å². The maximum atomic E-state index is 10.1. The molecule has 1 fully saturated rings. The minimum absolute atomic E-state index is 0.204. The van der Waals surface area contributed by atoms with Crippen molar-refractivity contribution < 1.29 is 14.2 Å². The van der Waals surface area contributed by atoms with Crippen molar-refractivity contribution in [3.05, 3.63) is 0 Å². The van der Waals surface area contributed by atoms with E-state index in [9.17, 15) is 5.11 Å². The molecule has 8 heteroatoms. The minimum Gasteiger partial charge on any atom is -0.389 e. The SMILES string of the molecule is CC(C)N(C(C)C)P(OCCC#N)OC1CSSCC1O. The van der Waals surface area contributed by atoms with Crippen LogP contribution in [-0.4, -0.2) is 52.2 Å². The quantitative estimate of drug-likeness (QED) is 0.408. The molecule has 0 aromatic heterocycles. The molecule has 1 aliphatic heterocycles. The summed E-state index contributed by atoms with van der Waals surface area (Å²) in [5.41, 5.74) is 0. The summed E-state index contributed by atoms with van der Waals surface area (Å²) in [6.45, 7) is 8.79. The summed E-state index contributed by atoms with van der Waals surface area (Å²) in [7, 11) is 2.13. The molecule has 0 amide bonds. The number of hydrogen-bond acceptors (Lipinski definition) is 7. The molecule has 0 saturated carbocycles. The predicted octanol–water partition coefficient (Wildman–Crippen LogP) is 3.40. The predicted molar refractivity (Wildman–Crippen MR) is 91.0 cm³/mol. The first kappa shape index (κ1) is 19.5. The lowest BCUT2D eigenvalue weighted by molar-refractivity contribution is 0.0488. The highest BCUT2D eigenvalue weighted by molar-refractivity contribution is 8.76. The Hall–Kier alpha value is 0.460. The van der Waals surface area contributed by atoms with Gasteiger partial charge < -0.3 is 14.2 Å². The van der Waals surface area contributed by atoms with Crippen LogP contribution in [0.4, 0.5) is 0 Å². The third kappa shape index (κ3) is 6.62. The van der Waals surface area contributed by atoms with Crippen LogP contribution in [0.5, 0.6) is 0 Å². The third-order valence-corrected chi connectivity index (χ3v) is 7.45. The van der Waals surface area contributed by atoms with E-state index in [0.717, 1.165) is 5.75 Å². The number of aliphatic hydroxyl groups is 1. The van der Waals surface area contributed by atoms with Gasteiger partial charge in [-0.1, -0.05) is 21.6 Å². The molecule has 1 aliphatic rings. The van der Waals surface area contributed by atoms with Gasteiger partial charge in [0, 0.05) is 23.6 Å². The third-order valence-electron chi connectivity index (χ3n) is 2.87. The van der Waals surface area contributed by atoms with E-state index < -0.39 is 14.6 Å². The van der Waals surface area contributed by atoms with Crippen LogP contribution >= 0.6 is 30.1 Å². The van der Waals surface area contributed by atoms with Crippen molar-refractivity contribution in [2.45, 2.75) is 58.4 Å². The zero-order chi connectivity index (χ0) is 15.8. The van der Waals surface area contributed by atoms with Crippen molar-refractivity contribution in [2.75, 3.05) is 18.1 Å². The summed E-state index contributed by atoms with van der Waals surface area (Å²) in [4.78, 5) is 0. The first-order chi connectivity index (χ1) is 9.97. The van der Waals surface area contributed by atoms with Crippen LogP contribution < -0.4 is 0 Å². The molecule has 1 saturated heterocycles. The molecule has 0 spiro atoms. The molecule has 0 aliphatic carbocycles. The molecule has 1 heterocycles. The summed E-state index contributed by atoms with van der Waals surface area (Å²) in [5.74, 6) is 1.44. The fourth-order valence-electron chi connectivity index (χ4n) is 1.96. The topological polar surface area (TPSA) is 65.7 Å². The van der Waals surface area contributed by atoms with Crippen LogP contribution in [0.2, 0.25) is 0 Å². The Morgan fingerprint density at radius 2 is 1.90 bits per heavy atom. The lowest BCUT2D eigenvalue weighted by atomic mass is 10.3. The molecule has 0 aromatic carbocycles. The van der Waals surface area contributed by atoms with Gasteiger partial charge in [0.2, 0.25) is 0 Å². The van der Waals surface area contributed by atoms with Crippen molar-refractivity contribution in [1.29, 1.82) is 5.26 Å². The Bertz CT molecular complexity index is 334. The summed E-state index contributed by atoms with van der Waals surface area (Å²) in [5, 5.41) is 18.7. The number of nitrogens with zero attached hydrogens (tertiary/aromatic N) is 2. The van der Waals surface area contributed by atoms with Crippen molar-refractivity contribution in [2.24, 2.45) is 0 Å². The summed E-state index contributed by atoms with van der Waals surface area (Å²) in [6, 6.07) is 2.64. The Kier molecular flexibility index (Phi) is 9.54. The standard InChI is InChI=1S/C13H25N2O3PS2/c1-10(2)15(11(3)4)19(17-7-5-6-14)18-13-9-21-20-8-12(13)16/h10-13,16H,5,7-9H2,1-4H3. The molecular weight excluding hydrogens is 327 g/mol. The smallest absolute Gasteiger partial charge is 0.259 e. The van der Waals surface area contributed by atoms with Crippen molar-refractivity contribution in [1.82, 2.24) is 4.67 Å². The van der Waals surface area contributed by atoms with Crippen LogP contribution in [0.25, 0.3) is 0 Å². The van der Waals surface area contributed by atoms with E-state index in [-0.39, 0.29) is 18.2 Å². The van der Waals surface area contributed by atoms with Crippen LogP contribution in [0.3, 0.4) is 0 Å². The van der Waals surface area contributed by atoms with E-state index >= 15 is 0 Å². The van der Waals surface area contributed by atoms with E-state index in [0.29, 0.717) is 18.8 Å². The van der Waals surface area contributed by atoms with Crippen LogP contribution in [0.1, 0.15) is 34.1 Å². The number of hydrogen-bond donors (Lipinski definition) is 1. The zero-order valence-corrected chi connectivity index (χ0v) is 15.6. The first-order valence-corrected chi connectivity index (χ1v) is 10.8. The summed E-state index contributed by atoms with van der Waals surface area (Å²) < 4.78 is 14.1. The van der Waals surface area contributed by atoms with E-state index in [1.807, 2.05) is 0 Å². The number of nitriles is 1. The van der Waals surface area contributed by atoms with Gasteiger partial charge in [-0.3, -0.25) is 0 Å². The molecule has 1 N–H and O–H groups in total. The fraction of sp³-hybridized carbons (Fsp3) is 0.923. The summed E-state index contributed by atoms with van der Waals surface area (Å²) in [6.07, 6.45) is -0.309. The molecule has 122 valence electrons. The Balaban J connectivity index is 2.72. The highest BCUT2D eigenvalue weighted by Crippen LogP contribution is 2.49. The number of aliphatic hydroxyl groups excluding tert-OH is 1. The molecule has 1 rings (SSSR count). The Morgan fingerprint density at radius 3 is 2.43 bits per heavy atom. The Morgan fingerprint density at radius 1 is 1.29 bits per heavy atom. The van der Waals surface area contributed by atoms with Gasteiger partial charge in [-0.05, 0) is 27.7 Å². The molecule has 3 atom stereocenters. The van der Waals surface area contributed by atoms with Crippen LogP contribution in [-0.2, 0) is 9.05 Å². The lowest BCUT2D eigenvalue weighted by Crippen LogP contribution is -2.39. The molecule has 0 bridgehead atoms. The van der Waals surface area contributed by atoms with E-state index in [1.54, 1.807) is 21.6 Å². The molecule has 0 aromatic rings. The molecule has 21 heavy (non-hydrogen) atoms. The molecular formula is C13H25N2O3PS2. The van der Waals surface area contributed by atoms with Crippen LogP contribution in [0.15, 0.2) is 0 Å². The maximum Gasteiger partial charge on any atom is 0.259 e. The van der Waals surface area contributed by atoms with Crippen molar-refractivity contribution >= 4 is 30.1 Å². The number of rotatable bonds is 8. The van der Waals surface area contributed by atoms with Gasteiger partial charge in [0.25, 0.3) is 8.53 Å². The molecule has 0 radical (unpaired) electrons. The normalized spacial score (nSPS) is 24.5. The maximum absolute atomic E-state index is 10.1. The van der Waals surface area contributed by atoms with E-state index in [4.69, 9.17) is 14.3 Å². The second kappa shape index (κ2) is 10.3. The van der Waals surface area contributed by atoms with Crippen molar-refractivity contribution in [3.63, 3.8) is 0 Å². The van der Waals surface area contributed by atoms with E-state index in [2.05, 4.69) is 38.4 Å². The zero-order valence-electron chi connectivity index (χ0n) is 13.1. The van der Waals surface area contributed by atoms with Crippen molar-refractivity contribution in [3.8, 4) is 6.07 Å². The largest absolute Gasteiger partial charge is 0.389 e. The lowest BCUT2D eigenvalue weighted by Gasteiger charge is -2.38. The minimum atomic E-state index is -1.26. The highest BCUT2D eigenvalue weighted by atomic mass is 33.1. The van der Waals surface area contributed by atoms with Crippen LogP contribution in [0, 0.1) is 11.3 Å². The Labute approximate surface area is 137 Å². The highest BCUT2D eigenvalue weighted by Gasteiger charge is 2.34. The monoisotopic (exact) mass is 352 g/mol. The average molecular weight is 352 g/mol. The van der Waals surface area contributed by atoms with Gasteiger partial charge in [-0.2, -0.15) is 5.26 Å². The summed E-state index contributed by atoms with van der Waals surface area (Å²) >= 11 is 0. The van der Waals surface area contributed by atoms with Gasteiger partial charge in [0.05, 0.1) is 25.2 Å². The molecule has 3 unspecified atom stereocenters. The van der Waals surface area contributed by atoms with Gasteiger partial charge in [-0.15, -0.1) is 0 Å². The fourth-order valence-corrected chi connectivity index (χ4v) is 6.18. The van der Waals surface area contributed by atoms with Gasteiger partial charge >= 0.3 is 0 Å². The second-order valence-corrected chi connectivity index (χ2v) is 9.29. The van der Waals surface area contributed by atoms with E-state index in [1.165, 1.54) is 0 Å². The average Bonchev–Trinajstić information content (AvgIpc) is 2.40. The second-order valence-electron chi connectivity index (χ2n) is 5.33. The first-order valence-electron chi connectivity index (χ1n) is 7.14. The van der Waals surface area contributed by atoms with Gasteiger partial charge in [0.15, 0.2) is 0 Å². The molecule has 5 nitrogen and oxygen atoms in total. The van der Waals surface area contributed by atoms with Gasteiger partial charge in [-0.25, -0.2) is 4.67 Å².